The van der Waals surface area contributed by atoms with Gasteiger partial charge in [0, 0.05) is 69.0 Å². The van der Waals surface area contributed by atoms with Crippen molar-refractivity contribution in [3.8, 4) is 0 Å². The lowest BCUT2D eigenvalue weighted by Crippen LogP contribution is -2.44. The standard InChI is InChI=1S/C16H20BrN3O5S.C11H11BrN2O.CClNO3S/c1-16(2,3)25-15(22)19-26(23,24)18-7-9-20-8-6-11-10-12(17)4-5-13(11)14(20)21;12-9-1-2-10-8(7-9)3-5-14(6-4-13)11(10)15;2-7(5,6)3-1-4/h4-6,8,10,18H,7,9H2,1-3H3,(H,19,22);1-3,5,7H,4,6,13H2;. The van der Waals surface area contributed by atoms with Gasteiger partial charge in [-0.3, -0.25) is 9.59 Å². The minimum absolute atomic E-state index is 0.0189. The molecule has 4 rings (SSSR count). The van der Waals surface area contributed by atoms with Gasteiger partial charge in [0.05, 0.1) is 0 Å². The molecule has 4 aromatic rings. The number of nitrogens with two attached hydrogens (primary N) is 1. The maximum absolute atomic E-state index is 12.4. The molecule has 0 aliphatic heterocycles. The van der Waals surface area contributed by atoms with E-state index in [0.29, 0.717) is 18.5 Å². The highest BCUT2D eigenvalue weighted by atomic mass is 79.9. The summed E-state index contributed by atoms with van der Waals surface area (Å²) >= 11 is 6.72. The number of carbonyl (C=O) groups excluding carboxylic acids is 2. The second-order valence-electron chi connectivity index (χ2n) is 10.5. The molecule has 15 nitrogen and oxygen atoms in total. The molecule has 0 unspecified atom stereocenters. The first kappa shape index (κ1) is 40.8. The number of nitrogens with zero attached hydrogens (tertiary/aromatic N) is 3. The molecule has 0 bridgehead atoms. The first-order valence-corrected chi connectivity index (χ1v) is 18.9. The number of aromatic nitrogens is 2. The van der Waals surface area contributed by atoms with Crippen molar-refractivity contribution in [1.82, 2.24) is 18.6 Å². The molecule has 2 heterocycles. The average Bonchev–Trinajstić information content (AvgIpc) is 2.94. The largest absolute Gasteiger partial charge is 0.443 e. The minimum Gasteiger partial charge on any atom is -0.443 e. The zero-order valence-electron chi connectivity index (χ0n) is 25.6. The van der Waals surface area contributed by atoms with Gasteiger partial charge in [0.15, 0.2) is 0 Å². The zero-order valence-corrected chi connectivity index (χ0v) is 31.2. The van der Waals surface area contributed by atoms with Crippen molar-refractivity contribution in [2.24, 2.45) is 10.1 Å². The predicted octanol–water partition coefficient (Wildman–Crippen LogP) is 3.65. The van der Waals surface area contributed by atoms with Crippen LogP contribution in [0.3, 0.4) is 0 Å². The molecule has 0 aliphatic rings. The summed E-state index contributed by atoms with van der Waals surface area (Å²) in [5, 5.41) is 3.00. The SMILES string of the molecule is CC(C)(C)OC(=O)NS(=O)(=O)NCCn1ccc2cc(Br)ccc2c1=O.NCCn1ccc2cc(Br)ccc2c1=O.O=C=NS(=O)(=O)Cl. The highest BCUT2D eigenvalue weighted by molar-refractivity contribution is 9.10. The van der Waals surface area contributed by atoms with Crippen LogP contribution in [0.15, 0.2) is 83.9 Å². The Morgan fingerprint density at radius 1 is 0.917 bits per heavy atom. The number of pyridine rings is 2. The van der Waals surface area contributed by atoms with E-state index < -0.39 is 31.1 Å². The second kappa shape index (κ2) is 17.8. The minimum atomic E-state index is -4.08. The number of benzene rings is 2. The molecule has 0 aliphatic carbocycles. The fourth-order valence-electron chi connectivity index (χ4n) is 3.80. The van der Waals surface area contributed by atoms with E-state index >= 15 is 0 Å². The van der Waals surface area contributed by atoms with Crippen LogP contribution in [-0.4, -0.2) is 56.8 Å². The molecule has 0 atom stereocenters. The molecule has 0 saturated heterocycles. The summed E-state index contributed by atoms with van der Waals surface area (Å²) in [7, 11) is -3.70. The van der Waals surface area contributed by atoms with Crippen molar-refractivity contribution < 1.29 is 31.2 Å². The van der Waals surface area contributed by atoms with Crippen LogP contribution < -0.4 is 26.3 Å². The third-order valence-electron chi connectivity index (χ3n) is 5.66. The molecular weight excluding hydrogens is 824 g/mol. The third kappa shape index (κ3) is 14.0. The molecule has 0 radical (unpaired) electrons. The Bertz CT molecular complexity index is 2160. The molecule has 2 aromatic carbocycles. The summed E-state index contributed by atoms with van der Waals surface area (Å²) in [5.74, 6) is 0. The van der Waals surface area contributed by atoms with Crippen LogP contribution in [0.4, 0.5) is 4.79 Å². The van der Waals surface area contributed by atoms with Gasteiger partial charge in [-0.2, -0.15) is 21.6 Å². The summed E-state index contributed by atoms with van der Waals surface area (Å²) < 4.78 is 58.7. The first-order chi connectivity index (χ1) is 22.2. The normalized spacial score (nSPS) is 11.4. The summed E-state index contributed by atoms with van der Waals surface area (Å²) in [4.78, 5) is 44.9. The van der Waals surface area contributed by atoms with Crippen LogP contribution in [0.5, 0.6) is 0 Å². The number of halogens is 3. The van der Waals surface area contributed by atoms with Gasteiger partial charge in [0.25, 0.3) is 17.2 Å². The monoisotopic (exact) mass is 852 g/mol. The second-order valence-corrected chi connectivity index (χ2v) is 16.0. The van der Waals surface area contributed by atoms with Crippen LogP contribution in [0.25, 0.3) is 21.5 Å². The number of nitrogens with one attached hydrogen (secondary N) is 2. The summed E-state index contributed by atoms with van der Waals surface area (Å²) in [6.45, 7) is 5.94. The van der Waals surface area contributed by atoms with E-state index in [1.807, 2.05) is 30.3 Å². The molecule has 260 valence electrons. The fourth-order valence-corrected chi connectivity index (χ4v) is 5.42. The predicted molar refractivity (Wildman–Crippen MR) is 190 cm³/mol. The van der Waals surface area contributed by atoms with Crippen molar-refractivity contribution in [3.05, 3.63) is 90.6 Å². The van der Waals surface area contributed by atoms with E-state index in [0.717, 1.165) is 31.2 Å². The molecule has 0 fully saturated rings. The van der Waals surface area contributed by atoms with E-state index in [1.54, 1.807) is 60.7 Å². The Balaban J connectivity index is 0.000000304. The van der Waals surface area contributed by atoms with Gasteiger partial charge >= 0.3 is 25.5 Å². The number of ether oxygens (including phenoxy) is 1. The van der Waals surface area contributed by atoms with Gasteiger partial charge in [-0.25, -0.2) is 14.3 Å². The van der Waals surface area contributed by atoms with Crippen molar-refractivity contribution in [2.75, 3.05) is 13.1 Å². The zero-order chi connectivity index (χ0) is 36.3. The number of rotatable bonds is 8. The van der Waals surface area contributed by atoms with E-state index in [4.69, 9.17) is 15.3 Å². The van der Waals surface area contributed by atoms with Crippen LogP contribution >= 0.6 is 42.5 Å². The maximum Gasteiger partial charge on any atom is 0.422 e. The Labute approximate surface area is 297 Å². The highest BCUT2D eigenvalue weighted by Gasteiger charge is 2.21. The van der Waals surface area contributed by atoms with E-state index in [1.165, 1.54) is 4.57 Å². The van der Waals surface area contributed by atoms with Gasteiger partial charge in [-0.1, -0.05) is 36.3 Å². The number of amides is 1. The first-order valence-electron chi connectivity index (χ1n) is 13.6. The summed E-state index contributed by atoms with van der Waals surface area (Å²) in [6, 6.07) is 14.6. The smallest absolute Gasteiger partial charge is 0.422 e. The van der Waals surface area contributed by atoms with Crippen molar-refractivity contribution >= 4 is 95.7 Å². The van der Waals surface area contributed by atoms with E-state index in [-0.39, 0.29) is 24.2 Å². The number of hydrogen-bond donors (Lipinski definition) is 3. The number of isocyanates is 1. The van der Waals surface area contributed by atoms with Gasteiger partial charge in [-0.05, 0) is 80.1 Å². The maximum atomic E-state index is 12.4. The Hall–Kier alpha value is -3.42. The molecular formula is C28H31Br2ClN6O9S2. The molecule has 2 aromatic heterocycles. The Morgan fingerprint density at radius 2 is 1.40 bits per heavy atom. The summed E-state index contributed by atoms with van der Waals surface area (Å²) in [5.41, 5.74) is 4.41. The molecule has 4 N–H and O–H groups in total. The van der Waals surface area contributed by atoms with Gasteiger partial charge in [-0.15, -0.1) is 0 Å². The molecule has 48 heavy (non-hydrogen) atoms. The van der Waals surface area contributed by atoms with Crippen molar-refractivity contribution in [2.45, 2.75) is 39.5 Å². The third-order valence-corrected chi connectivity index (χ3v) is 8.16. The number of carbonyl (C=O) groups is 1. The van der Waals surface area contributed by atoms with Crippen LogP contribution in [-0.2, 0) is 42.1 Å². The van der Waals surface area contributed by atoms with Crippen LogP contribution in [0.1, 0.15) is 20.8 Å². The number of hydrogen-bond acceptors (Lipinski definition) is 10. The highest BCUT2D eigenvalue weighted by Crippen LogP contribution is 2.17. The molecule has 1 amide bonds. The van der Waals surface area contributed by atoms with Crippen LogP contribution in [0.2, 0.25) is 0 Å². The van der Waals surface area contributed by atoms with Crippen LogP contribution in [0, 0.1) is 0 Å². The van der Waals surface area contributed by atoms with Gasteiger partial charge in [0.1, 0.15) is 5.60 Å². The lowest BCUT2D eigenvalue weighted by molar-refractivity contribution is 0.0569. The van der Waals surface area contributed by atoms with E-state index in [2.05, 4.69) is 51.7 Å². The summed E-state index contributed by atoms with van der Waals surface area (Å²) in [6.07, 6.45) is 3.06. The van der Waals surface area contributed by atoms with Gasteiger partial charge in [0.2, 0.25) is 0 Å². The fraction of sp³-hybridized carbons (Fsp3) is 0.286. The topological polar surface area (TPSA) is 218 Å². The van der Waals surface area contributed by atoms with Crippen molar-refractivity contribution in [1.29, 1.82) is 0 Å². The van der Waals surface area contributed by atoms with Crippen molar-refractivity contribution in [3.63, 3.8) is 0 Å². The Morgan fingerprint density at radius 3 is 1.79 bits per heavy atom. The molecule has 0 spiro atoms. The lowest BCUT2D eigenvalue weighted by Gasteiger charge is -2.19. The quantitative estimate of drug-likeness (QED) is 0.133. The Kier molecular flexibility index (Phi) is 15.1. The van der Waals surface area contributed by atoms with E-state index in [9.17, 15) is 31.2 Å². The lowest BCUT2D eigenvalue weighted by atomic mass is 10.2. The molecule has 0 saturated carbocycles. The molecule has 20 heteroatoms. The van der Waals surface area contributed by atoms with Gasteiger partial charge < -0.3 is 19.6 Å². The average molecular weight is 855 g/mol. The number of fused-ring (bicyclic) bond motifs is 2.